The van der Waals surface area contributed by atoms with E-state index in [0.717, 1.165) is 5.56 Å². The molecule has 1 aromatic heterocycles. The zero-order valence-corrected chi connectivity index (χ0v) is 16.7. The van der Waals surface area contributed by atoms with Crippen LogP contribution >= 0.6 is 23.1 Å². The van der Waals surface area contributed by atoms with Crippen LogP contribution in [0.5, 0.6) is 11.5 Å². The molecule has 0 bridgehead atoms. The fraction of sp³-hybridized carbons (Fsp3) is 0.158. The summed E-state index contributed by atoms with van der Waals surface area (Å²) in [6.07, 6.45) is 0. The summed E-state index contributed by atoms with van der Waals surface area (Å²) >= 11 is 2.49. The van der Waals surface area contributed by atoms with E-state index in [0.29, 0.717) is 33.1 Å². The van der Waals surface area contributed by atoms with Crippen molar-refractivity contribution in [2.75, 3.05) is 17.9 Å². The van der Waals surface area contributed by atoms with Gasteiger partial charge in [-0.15, -0.1) is 10.2 Å². The maximum absolute atomic E-state index is 12.1. The molecule has 0 atom stereocenters. The number of benzene rings is 2. The molecular weight excluding hydrogens is 412 g/mol. The second-order valence-electron chi connectivity index (χ2n) is 5.95. The largest absolute Gasteiger partial charge is 0.454 e. The molecule has 0 saturated carbocycles. The Morgan fingerprint density at radius 3 is 2.76 bits per heavy atom. The summed E-state index contributed by atoms with van der Waals surface area (Å²) in [6, 6.07) is 14.4. The van der Waals surface area contributed by atoms with Crippen molar-refractivity contribution >= 4 is 40.0 Å². The van der Waals surface area contributed by atoms with Gasteiger partial charge in [0.15, 0.2) is 15.8 Å². The molecule has 0 aliphatic carbocycles. The van der Waals surface area contributed by atoms with Gasteiger partial charge in [-0.25, -0.2) is 0 Å². The van der Waals surface area contributed by atoms with Gasteiger partial charge in [-0.3, -0.25) is 14.9 Å². The van der Waals surface area contributed by atoms with Crippen molar-refractivity contribution < 1.29 is 19.1 Å². The molecule has 2 heterocycles. The minimum atomic E-state index is -0.250. The summed E-state index contributed by atoms with van der Waals surface area (Å²) in [5.74, 6) is 1.22. The van der Waals surface area contributed by atoms with Crippen molar-refractivity contribution in [1.29, 1.82) is 0 Å². The SMILES string of the molecule is O=C(CSc1nnc(NC(=O)c2ccccc2)s1)NCc1ccc2c(c1)OCO2. The van der Waals surface area contributed by atoms with E-state index < -0.39 is 0 Å². The van der Waals surface area contributed by atoms with Crippen LogP contribution in [0.25, 0.3) is 0 Å². The molecule has 2 N–H and O–H groups in total. The Bertz CT molecular complexity index is 1030. The first-order valence-corrected chi connectivity index (χ1v) is 10.5. The number of ether oxygens (including phenoxy) is 2. The number of thioether (sulfide) groups is 1. The first-order chi connectivity index (χ1) is 14.2. The van der Waals surface area contributed by atoms with Gasteiger partial charge in [-0.1, -0.05) is 47.4 Å². The minimum absolute atomic E-state index is 0.127. The molecule has 2 aromatic carbocycles. The molecule has 8 nitrogen and oxygen atoms in total. The van der Waals surface area contributed by atoms with Crippen molar-refractivity contribution in [2.24, 2.45) is 0 Å². The predicted octanol–water partition coefficient (Wildman–Crippen LogP) is 2.93. The summed E-state index contributed by atoms with van der Waals surface area (Å²) in [5.41, 5.74) is 1.47. The van der Waals surface area contributed by atoms with Gasteiger partial charge >= 0.3 is 0 Å². The van der Waals surface area contributed by atoms with Crippen molar-refractivity contribution in [1.82, 2.24) is 15.5 Å². The van der Waals surface area contributed by atoms with Crippen LogP contribution in [0.4, 0.5) is 5.13 Å². The lowest BCUT2D eigenvalue weighted by molar-refractivity contribution is -0.118. The molecule has 4 rings (SSSR count). The van der Waals surface area contributed by atoms with Gasteiger partial charge in [0, 0.05) is 12.1 Å². The third kappa shape index (κ3) is 5.04. The lowest BCUT2D eigenvalue weighted by Gasteiger charge is -2.05. The fourth-order valence-electron chi connectivity index (χ4n) is 2.51. The van der Waals surface area contributed by atoms with E-state index in [9.17, 15) is 9.59 Å². The standard InChI is InChI=1S/C19H16N4O4S2/c24-16(20-9-12-6-7-14-15(8-12)27-11-26-14)10-28-19-23-22-18(29-19)21-17(25)13-4-2-1-3-5-13/h1-8H,9-11H2,(H,20,24)(H,21,22,25). The number of carbonyl (C=O) groups excluding carboxylic acids is 2. The maximum atomic E-state index is 12.1. The van der Waals surface area contributed by atoms with Gasteiger partial charge in [0.05, 0.1) is 5.75 Å². The van der Waals surface area contributed by atoms with E-state index in [2.05, 4.69) is 20.8 Å². The Balaban J connectivity index is 1.23. The van der Waals surface area contributed by atoms with E-state index in [1.807, 2.05) is 24.3 Å². The molecule has 0 unspecified atom stereocenters. The first kappa shape index (κ1) is 19.2. The van der Waals surface area contributed by atoms with Crippen molar-refractivity contribution in [3.8, 4) is 11.5 Å². The van der Waals surface area contributed by atoms with Crippen molar-refractivity contribution in [2.45, 2.75) is 10.9 Å². The second kappa shape index (κ2) is 8.93. The average molecular weight is 428 g/mol. The number of amides is 2. The summed E-state index contributed by atoms with van der Waals surface area (Å²) in [5, 5.41) is 13.9. The van der Waals surface area contributed by atoms with E-state index in [1.165, 1.54) is 23.1 Å². The normalized spacial score (nSPS) is 11.9. The van der Waals surface area contributed by atoms with E-state index >= 15 is 0 Å². The first-order valence-electron chi connectivity index (χ1n) is 8.65. The highest BCUT2D eigenvalue weighted by molar-refractivity contribution is 8.01. The number of anilines is 1. The quantitative estimate of drug-likeness (QED) is 0.441. The molecule has 148 valence electrons. The monoisotopic (exact) mass is 428 g/mol. The number of hydrogen-bond acceptors (Lipinski definition) is 8. The summed E-state index contributed by atoms with van der Waals surface area (Å²) in [7, 11) is 0. The number of rotatable bonds is 7. The van der Waals surface area contributed by atoms with Crippen LogP contribution in [0.15, 0.2) is 52.9 Å². The topological polar surface area (TPSA) is 102 Å². The third-order valence-electron chi connectivity index (χ3n) is 3.92. The Labute approximate surface area is 174 Å². The molecule has 10 heteroatoms. The van der Waals surface area contributed by atoms with Gasteiger partial charge in [0.2, 0.25) is 17.8 Å². The highest BCUT2D eigenvalue weighted by Crippen LogP contribution is 2.32. The average Bonchev–Trinajstić information content (AvgIpc) is 3.40. The van der Waals surface area contributed by atoms with Crippen molar-refractivity contribution in [3.63, 3.8) is 0 Å². The van der Waals surface area contributed by atoms with Gasteiger partial charge in [0.1, 0.15) is 0 Å². The van der Waals surface area contributed by atoms with Crippen LogP contribution in [0.3, 0.4) is 0 Å². The lowest BCUT2D eigenvalue weighted by atomic mass is 10.2. The molecular formula is C19H16N4O4S2. The molecule has 0 spiro atoms. The highest BCUT2D eigenvalue weighted by atomic mass is 32.2. The molecule has 1 aliphatic rings. The zero-order valence-electron chi connectivity index (χ0n) is 15.1. The van der Waals surface area contributed by atoms with Gasteiger partial charge in [0.25, 0.3) is 5.91 Å². The van der Waals surface area contributed by atoms with Gasteiger partial charge in [-0.05, 0) is 29.8 Å². The van der Waals surface area contributed by atoms with Crippen LogP contribution < -0.4 is 20.1 Å². The number of aromatic nitrogens is 2. The number of nitrogens with one attached hydrogen (secondary N) is 2. The maximum Gasteiger partial charge on any atom is 0.257 e. The minimum Gasteiger partial charge on any atom is -0.454 e. The van der Waals surface area contributed by atoms with Gasteiger partial charge in [-0.2, -0.15) is 0 Å². The molecule has 0 radical (unpaired) electrons. The molecule has 3 aromatic rings. The van der Waals surface area contributed by atoms with Crippen LogP contribution in [0.2, 0.25) is 0 Å². The fourth-order valence-corrected chi connectivity index (χ4v) is 4.08. The van der Waals surface area contributed by atoms with E-state index in [4.69, 9.17) is 9.47 Å². The van der Waals surface area contributed by atoms with Gasteiger partial charge < -0.3 is 14.8 Å². The predicted molar refractivity (Wildman–Crippen MR) is 109 cm³/mol. The van der Waals surface area contributed by atoms with Crippen molar-refractivity contribution in [3.05, 3.63) is 59.7 Å². The Morgan fingerprint density at radius 1 is 1.07 bits per heavy atom. The van der Waals surface area contributed by atoms with Crippen LogP contribution in [-0.2, 0) is 11.3 Å². The Kier molecular flexibility index (Phi) is 5.92. The van der Waals surface area contributed by atoms with E-state index in [1.54, 1.807) is 24.3 Å². The zero-order chi connectivity index (χ0) is 20.1. The Morgan fingerprint density at radius 2 is 1.90 bits per heavy atom. The van der Waals surface area contributed by atoms with Crippen LogP contribution in [0, 0.1) is 0 Å². The number of fused-ring (bicyclic) bond motifs is 1. The van der Waals surface area contributed by atoms with E-state index in [-0.39, 0.29) is 24.4 Å². The summed E-state index contributed by atoms with van der Waals surface area (Å²) < 4.78 is 11.2. The number of carbonyl (C=O) groups is 2. The van der Waals surface area contributed by atoms with Crippen LogP contribution in [0.1, 0.15) is 15.9 Å². The molecule has 0 fully saturated rings. The second-order valence-corrected chi connectivity index (χ2v) is 8.15. The number of hydrogen-bond donors (Lipinski definition) is 2. The smallest absolute Gasteiger partial charge is 0.257 e. The Hall–Kier alpha value is -3.11. The molecule has 0 saturated heterocycles. The highest BCUT2D eigenvalue weighted by Gasteiger charge is 2.14. The van der Waals surface area contributed by atoms with Crippen LogP contribution in [-0.4, -0.2) is 34.6 Å². The molecule has 1 aliphatic heterocycles. The summed E-state index contributed by atoms with van der Waals surface area (Å²) in [4.78, 5) is 24.2. The number of nitrogens with zero attached hydrogens (tertiary/aromatic N) is 2. The third-order valence-corrected chi connectivity index (χ3v) is 5.89. The lowest BCUT2D eigenvalue weighted by Crippen LogP contribution is -2.24. The molecule has 29 heavy (non-hydrogen) atoms. The molecule has 2 amide bonds. The summed E-state index contributed by atoms with van der Waals surface area (Å²) in [6.45, 7) is 0.613.